The topological polar surface area (TPSA) is 56.2 Å². The van der Waals surface area contributed by atoms with Crippen LogP contribution in [0.1, 0.15) is 47.9 Å². The molecule has 134 valence electrons. The molecule has 0 fully saturated rings. The average Bonchev–Trinajstić information content (AvgIpc) is 3.12. The molecular weight excluding hydrogens is 352 g/mol. The Bertz CT molecular complexity index is 792. The van der Waals surface area contributed by atoms with Crippen molar-refractivity contribution in [3.63, 3.8) is 0 Å². The Labute approximate surface area is 148 Å². The fourth-order valence-corrected chi connectivity index (χ4v) is 3.09. The molecule has 1 aliphatic heterocycles. The fraction of sp³-hybridized carbons (Fsp3) is 0.412. The predicted octanol–water partition coefficient (Wildman–Crippen LogP) is 3.99. The highest BCUT2D eigenvalue weighted by Gasteiger charge is 2.30. The highest BCUT2D eigenvalue weighted by Crippen LogP contribution is 2.38. The van der Waals surface area contributed by atoms with Crippen LogP contribution in [-0.4, -0.2) is 22.3 Å². The number of benzene rings is 1. The maximum Gasteiger partial charge on any atom is 0.280 e. The first-order valence-corrected chi connectivity index (χ1v) is 8.32. The van der Waals surface area contributed by atoms with Gasteiger partial charge in [0, 0.05) is 12.1 Å². The summed E-state index contributed by atoms with van der Waals surface area (Å²) < 4.78 is 33.6. The van der Waals surface area contributed by atoms with E-state index in [-0.39, 0.29) is 23.8 Å². The molecule has 1 atom stereocenters. The van der Waals surface area contributed by atoms with Gasteiger partial charge in [0.15, 0.2) is 0 Å². The number of carbonyl (C=O) groups is 1. The smallest absolute Gasteiger partial charge is 0.280 e. The zero-order valence-electron chi connectivity index (χ0n) is 13.8. The van der Waals surface area contributed by atoms with Crippen molar-refractivity contribution in [2.45, 2.75) is 32.9 Å². The van der Waals surface area contributed by atoms with E-state index in [2.05, 4.69) is 10.4 Å². The number of hydrogen-bond acceptors (Lipinski definition) is 3. The second kappa shape index (κ2) is 7.00. The van der Waals surface area contributed by atoms with E-state index in [0.717, 1.165) is 5.56 Å². The normalized spacial score (nSPS) is 16.2. The number of amides is 1. The molecule has 2 aromatic rings. The van der Waals surface area contributed by atoms with Gasteiger partial charge in [-0.2, -0.15) is 5.10 Å². The molecule has 2 heterocycles. The second-order valence-electron chi connectivity index (χ2n) is 6.32. The van der Waals surface area contributed by atoms with Gasteiger partial charge in [-0.25, -0.2) is 8.78 Å². The molecule has 0 bridgehead atoms. The Morgan fingerprint density at radius 3 is 2.92 bits per heavy atom. The molecule has 1 aromatic carbocycles. The molecule has 1 amide bonds. The molecule has 1 aliphatic rings. The molecule has 1 unspecified atom stereocenters. The number of ether oxygens (including phenoxy) is 1. The van der Waals surface area contributed by atoms with E-state index in [4.69, 9.17) is 16.3 Å². The zero-order valence-corrected chi connectivity index (χ0v) is 14.6. The fourth-order valence-electron chi connectivity index (χ4n) is 2.86. The second-order valence-corrected chi connectivity index (χ2v) is 6.72. The van der Waals surface area contributed by atoms with Crippen LogP contribution in [0.4, 0.5) is 8.78 Å². The van der Waals surface area contributed by atoms with Crippen molar-refractivity contribution in [3.05, 3.63) is 46.2 Å². The number of rotatable bonds is 5. The standard InChI is InChI=1S/C17H18ClF2N3O2/c1-9(2)7-23-14(16(19)20)11(6-21-23)17(24)22-13-8-25-15-10(13)4-3-5-12(15)18/h3-6,9,13,16H,7-8H2,1-2H3,(H,22,24). The molecule has 1 N–H and O–H groups in total. The number of halogens is 3. The van der Waals surface area contributed by atoms with E-state index in [0.29, 0.717) is 17.3 Å². The van der Waals surface area contributed by atoms with Crippen LogP contribution in [0.5, 0.6) is 5.75 Å². The third kappa shape index (κ3) is 3.46. The van der Waals surface area contributed by atoms with Gasteiger partial charge in [0.1, 0.15) is 18.1 Å². The molecule has 1 aromatic heterocycles. The van der Waals surface area contributed by atoms with Gasteiger partial charge >= 0.3 is 0 Å². The maximum atomic E-state index is 13.5. The highest BCUT2D eigenvalue weighted by molar-refractivity contribution is 6.32. The Balaban J connectivity index is 1.84. The Hall–Kier alpha value is -2.15. The van der Waals surface area contributed by atoms with Crippen LogP contribution in [0.15, 0.2) is 24.4 Å². The first-order chi connectivity index (χ1) is 11.9. The zero-order chi connectivity index (χ0) is 18.1. The van der Waals surface area contributed by atoms with Crippen LogP contribution in [0.2, 0.25) is 5.02 Å². The number of fused-ring (bicyclic) bond motifs is 1. The van der Waals surface area contributed by atoms with Crippen molar-refractivity contribution in [2.75, 3.05) is 6.61 Å². The number of carbonyl (C=O) groups excluding carboxylic acids is 1. The Morgan fingerprint density at radius 2 is 2.24 bits per heavy atom. The lowest BCUT2D eigenvalue weighted by Gasteiger charge is -2.13. The van der Waals surface area contributed by atoms with Crippen molar-refractivity contribution in [1.29, 1.82) is 0 Å². The largest absolute Gasteiger partial charge is 0.489 e. The molecule has 0 saturated heterocycles. The average molecular weight is 370 g/mol. The first kappa shape index (κ1) is 17.7. The summed E-state index contributed by atoms with van der Waals surface area (Å²) >= 11 is 6.06. The minimum Gasteiger partial charge on any atom is -0.489 e. The number of para-hydroxylation sites is 1. The van der Waals surface area contributed by atoms with E-state index in [9.17, 15) is 13.6 Å². The Kier molecular flexibility index (Phi) is 4.94. The molecule has 25 heavy (non-hydrogen) atoms. The minimum atomic E-state index is -2.79. The van der Waals surface area contributed by atoms with Crippen LogP contribution in [0.25, 0.3) is 0 Å². The van der Waals surface area contributed by atoms with Gasteiger partial charge in [0.25, 0.3) is 12.3 Å². The third-order valence-electron chi connectivity index (χ3n) is 3.94. The lowest BCUT2D eigenvalue weighted by Crippen LogP contribution is -2.30. The van der Waals surface area contributed by atoms with Gasteiger partial charge < -0.3 is 10.1 Å². The molecule has 0 saturated carbocycles. The van der Waals surface area contributed by atoms with E-state index in [1.165, 1.54) is 10.9 Å². The molecular formula is C17H18ClF2N3O2. The summed E-state index contributed by atoms with van der Waals surface area (Å²) in [6.45, 7) is 4.31. The number of nitrogens with zero attached hydrogens (tertiary/aromatic N) is 2. The van der Waals surface area contributed by atoms with Crippen molar-refractivity contribution in [3.8, 4) is 5.75 Å². The van der Waals surface area contributed by atoms with Crippen LogP contribution >= 0.6 is 11.6 Å². The van der Waals surface area contributed by atoms with E-state index in [1.54, 1.807) is 18.2 Å². The summed E-state index contributed by atoms with van der Waals surface area (Å²) in [6, 6.07) is 4.78. The summed E-state index contributed by atoms with van der Waals surface area (Å²) in [4.78, 5) is 12.5. The summed E-state index contributed by atoms with van der Waals surface area (Å²) in [6.07, 6.45) is -1.60. The van der Waals surface area contributed by atoms with Crippen molar-refractivity contribution >= 4 is 17.5 Å². The first-order valence-electron chi connectivity index (χ1n) is 7.94. The van der Waals surface area contributed by atoms with Gasteiger partial charge in [-0.3, -0.25) is 9.48 Å². The predicted molar refractivity (Wildman–Crippen MR) is 89.2 cm³/mol. The van der Waals surface area contributed by atoms with Crippen molar-refractivity contribution in [1.82, 2.24) is 15.1 Å². The summed E-state index contributed by atoms with van der Waals surface area (Å²) in [5, 5.41) is 7.14. The number of aromatic nitrogens is 2. The van der Waals surface area contributed by atoms with Crippen LogP contribution in [0, 0.1) is 5.92 Å². The highest BCUT2D eigenvalue weighted by atomic mass is 35.5. The van der Waals surface area contributed by atoms with Gasteiger partial charge in [-0.15, -0.1) is 0 Å². The quantitative estimate of drug-likeness (QED) is 0.866. The monoisotopic (exact) mass is 369 g/mol. The van der Waals surface area contributed by atoms with E-state index >= 15 is 0 Å². The third-order valence-corrected chi connectivity index (χ3v) is 4.24. The lowest BCUT2D eigenvalue weighted by atomic mass is 10.1. The molecule has 0 radical (unpaired) electrons. The van der Waals surface area contributed by atoms with Crippen LogP contribution in [-0.2, 0) is 6.54 Å². The molecule has 0 spiro atoms. The molecule has 3 rings (SSSR count). The number of alkyl halides is 2. The number of hydrogen-bond donors (Lipinski definition) is 1. The van der Waals surface area contributed by atoms with Gasteiger partial charge in [0.05, 0.1) is 22.8 Å². The van der Waals surface area contributed by atoms with E-state index < -0.39 is 18.4 Å². The SMILES string of the molecule is CC(C)Cn1ncc(C(=O)NC2COc3c(Cl)cccc32)c1C(F)F. The van der Waals surface area contributed by atoms with Crippen LogP contribution < -0.4 is 10.1 Å². The minimum absolute atomic E-state index is 0.119. The maximum absolute atomic E-state index is 13.5. The molecule has 0 aliphatic carbocycles. The Morgan fingerprint density at radius 1 is 1.48 bits per heavy atom. The lowest BCUT2D eigenvalue weighted by molar-refractivity contribution is 0.0912. The molecule has 5 nitrogen and oxygen atoms in total. The van der Waals surface area contributed by atoms with Gasteiger partial charge in [-0.05, 0) is 12.0 Å². The van der Waals surface area contributed by atoms with Crippen molar-refractivity contribution in [2.24, 2.45) is 5.92 Å². The van der Waals surface area contributed by atoms with Crippen LogP contribution in [0.3, 0.4) is 0 Å². The van der Waals surface area contributed by atoms with Crippen molar-refractivity contribution < 1.29 is 18.3 Å². The number of nitrogens with one attached hydrogen (secondary N) is 1. The summed E-state index contributed by atoms with van der Waals surface area (Å²) in [7, 11) is 0. The summed E-state index contributed by atoms with van der Waals surface area (Å²) in [5.41, 5.74) is 0.247. The van der Waals surface area contributed by atoms with Gasteiger partial charge in [0.2, 0.25) is 0 Å². The summed E-state index contributed by atoms with van der Waals surface area (Å²) in [5.74, 6) is 0.0383. The van der Waals surface area contributed by atoms with Gasteiger partial charge in [-0.1, -0.05) is 37.6 Å². The molecule has 8 heteroatoms. The van der Waals surface area contributed by atoms with E-state index in [1.807, 2.05) is 13.8 Å².